The van der Waals surface area contributed by atoms with Crippen LogP contribution in [0.3, 0.4) is 0 Å². The van der Waals surface area contributed by atoms with Crippen LogP contribution in [-0.4, -0.2) is 23.0 Å². The average molecular weight is 285 g/mol. The van der Waals surface area contributed by atoms with E-state index in [2.05, 4.69) is 12.2 Å². The molecule has 0 aromatic rings. The van der Waals surface area contributed by atoms with Gasteiger partial charge >= 0.3 is 5.97 Å². The Hall–Kier alpha value is -1.06. The molecular formula is C16H31NO3. The Morgan fingerprint density at radius 3 is 1.85 bits per heavy atom. The smallest absolute Gasteiger partial charge is 0.326 e. The molecule has 0 aliphatic rings. The number of nitrogens with one attached hydrogen (secondary N) is 1. The van der Waals surface area contributed by atoms with Crippen molar-refractivity contribution in [2.24, 2.45) is 0 Å². The van der Waals surface area contributed by atoms with Gasteiger partial charge in [0.2, 0.25) is 5.91 Å². The third kappa shape index (κ3) is 10.8. The standard InChI is InChI=1S/C16H31NO3/c1-3-5-6-7-8-9-10-11-12-13-15(18)17-14(4-2)16(19)20/h14H,3-13H2,1-2H3,(H,17,18)(H,19,20). The molecule has 2 N–H and O–H groups in total. The van der Waals surface area contributed by atoms with Crippen molar-refractivity contribution in [2.75, 3.05) is 0 Å². The van der Waals surface area contributed by atoms with Crippen LogP contribution in [0.2, 0.25) is 0 Å². The van der Waals surface area contributed by atoms with Gasteiger partial charge in [-0.1, -0.05) is 65.2 Å². The number of amides is 1. The lowest BCUT2D eigenvalue weighted by molar-refractivity contribution is -0.141. The average Bonchev–Trinajstić information content (AvgIpc) is 2.42. The summed E-state index contributed by atoms with van der Waals surface area (Å²) in [6.07, 6.45) is 11.8. The van der Waals surface area contributed by atoms with Gasteiger partial charge in [0.1, 0.15) is 6.04 Å². The number of hydrogen-bond donors (Lipinski definition) is 2. The highest BCUT2D eigenvalue weighted by molar-refractivity contribution is 5.83. The molecule has 0 aliphatic heterocycles. The molecule has 0 bridgehead atoms. The SMILES string of the molecule is CCCCCCCCCCCC(=O)NC(CC)C(=O)O. The normalized spacial score (nSPS) is 12.1. The van der Waals surface area contributed by atoms with Crippen LogP contribution < -0.4 is 5.32 Å². The van der Waals surface area contributed by atoms with Crippen LogP contribution in [-0.2, 0) is 9.59 Å². The van der Waals surface area contributed by atoms with E-state index in [1.54, 1.807) is 6.92 Å². The van der Waals surface area contributed by atoms with Gasteiger partial charge in [-0.15, -0.1) is 0 Å². The lowest BCUT2D eigenvalue weighted by atomic mass is 10.1. The highest BCUT2D eigenvalue weighted by atomic mass is 16.4. The zero-order valence-electron chi connectivity index (χ0n) is 13.1. The second-order valence-electron chi connectivity index (χ2n) is 5.45. The molecule has 0 heterocycles. The number of carbonyl (C=O) groups excluding carboxylic acids is 1. The van der Waals surface area contributed by atoms with Crippen LogP contribution in [0.5, 0.6) is 0 Å². The van der Waals surface area contributed by atoms with E-state index in [0.717, 1.165) is 12.8 Å². The van der Waals surface area contributed by atoms with Crippen molar-refractivity contribution < 1.29 is 14.7 Å². The van der Waals surface area contributed by atoms with E-state index in [0.29, 0.717) is 12.8 Å². The molecule has 4 heteroatoms. The number of rotatable bonds is 13. The number of carbonyl (C=O) groups is 2. The predicted octanol–water partition coefficient (Wildman–Crippen LogP) is 3.89. The molecule has 0 spiro atoms. The Bertz CT molecular complexity index is 266. The van der Waals surface area contributed by atoms with Gasteiger partial charge in [0.05, 0.1) is 0 Å². The summed E-state index contributed by atoms with van der Waals surface area (Å²) in [5, 5.41) is 11.4. The van der Waals surface area contributed by atoms with E-state index in [9.17, 15) is 9.59 Å². The van der Waals surface area contributed by atoms with Crippen molar-refractivity contribution in [2.45, 2.75) is 90.5 Å². The van der Waals surface area contributed by atoms with Crippen LogP contribution in [0, 0.1) is 0 Å². The zero-order valence-corrected chi connectivity index (χ0v) is 13.1. The molecule has 0 rings (SSSR count). The lowest BCUT2D eigenvalue weighted by Crippen LogP contribution is -2.40. The van der Waals surface area contributed by atoms with Gasteiger partial charge < -0.3 is 10.4 Å². The van der Waals surface area contributed by atoms with Gasteiger partial charge in [-0.2, -0.15) is 0 Å². The molecule has 118 valence electrons. The minimum Gasteiger partial charge on any atom is -0.480 e. The molecule has 0 saturated heterocycles. The van der Waals surface area contributed by atoms with E-state index in [1.807, 2.05) is 0 Å². The molecule has 4 nitrogen and oxygen atoms in total. The van der Waals surface area contributed by atoms with Gasteiger partial charge in [-0.25, -0.2) is 4.79 Å². The maximum atomic E-state index is 11.5. The van der Waals surface area contributed by atoms with Crippen molar-refractivity contribution in [3.8, 4) is 0 Å². The van der Waals surface area contributed by atoms with Crippen molar-refractivity contribution in [3.05, 3.63) is 0 Å². The van der Waals surface area contributed by atoms with Gasteiger partial charge in [0.15, 0.2) is 0 Å². The van der Waals surface area contributed by atoms with Crippen LogP contribution in [0.25, 0.3) is 0 Å². The molecule has 0 aromatic heterocycles. The first-order chi connectivity index (χ1) is 9.61. The topological polar surface area (TPSA) is 66.4 Å². The summed E-state index contributed by atoms with van der Waals surface area (Å²) in [7, 11) is 0. The predicted molar refractivity (Wildman–Crippen MR) is 81.7 cm³/mol. The van der Waals surface area contributed by atoms with Crippen LogP contribution in [0.15, 0.2) is 0 Å². The molecule has 0 fully saturated rings. The Balaban J connectivity index is 3.41. The first-order valence-electron chi connectivity index (χ1n) is 8.14. The maximum absolute atomic E-state index is 11.5. The molecule has 0 radical (unpaired) electrons. The molecule has 0 saturated carbocycles. The van der Waals surface area contributed by atoms with E-state index in [4.69, 9.17) is 5.11 Å². The summed E-state index contributed by atoms with van der Waals surface area (Å²) in [5.41, 5.74) is 0. The minimum absolute atomic E-state index is 0.137. The van der Waals surface area contributed by atoms with Gasteiger partial charge in [-0.05, 0) is 12.8 Å². The summed E-state index contributed by atoms with van der Waals surface area (Å²) >= 11 is 0. The van der Waals surface area contributed by atoms with Crippen molar-refractivity contribution >= 4 is 11.9 Å². The molecule has 1 atom stereocenters. The first kappa shape index (κ1) is 18.9. The van der Waals surface area contributed by atoms with E-state index in [1.165, 1.54) is 44.9 Å². The second-order valence-corrected chi connectivity index (χ2v) is 5.45. The molecule has 1 unspecified atom stereocenters. The number of aliphatic carboxylic acids is 1. The molecule has 0 aliphatic carbocycles. The highest BCUT2D eigenvalue weighted by Crippen LogP contribution is 2.10. The molecule has 0 aromatic carbocycles. The van der Waals surface area contributed by atoms with Crippen molar-refractivity contribution in [1.29, 1.82) is 0 Å². The minimum atomic E-state index is -0.951. The van der Waals surface area contributed by atoms with Crippen molar-refractivity contribution in [3.63, 3.8) is 0 Å². The van der Waals surface area contributed by atoms with Gasteiger partial charge in [0, 0.05) is 6.42 Å². The monoisotopic (exact) mass is 285 g/mol. The van der Waals surface area contributed by atoms with Crippen LogP contribution in [0.1, 0.15) is 84.5 Å². The summed E-state index contributed by atoms with van der Waals surface area (Å²) in [4.78, 5) is 22.3. The second kappa shape index (κ2) is 12.9. The third-order valence-corrected chi connectivity index (χ3v) is 3.55. The van der Waals surface area contributed by atoms with Crippen molar-refractivity contribution in [1.82, 2.24) is 5.32 Å². The fraction of sp³-hybridized carbons (Fsp3) is 0.875. The summed E-state index contributed by atoms with van der Waals surface area (Å²) in [6.45, 7) is 3.98. The largest absolute Gasteiger partial charge is 0.480 e. The Labute approximate surface area is 123 Å². The number of carboxylic acids is 1. The molecular weight excluding hydrogens is 254 g/mol. The van der Waals surface area contributed by atoms with Gasteiger partial charge in [-0.3, -0.25) is 4.79 Å². The third-order valence-electron chi connectivity index (χ3n) is 3.55. The summed E-state index contributed by atoms with van der Waals surface area (Å²) in [6, 6.07) is -0.735. The fourth-order valence-corrected chi connectivity index (χ4v) is 2.20. The van der Waals surface area contributed by atoms with E-state index in [-0.39, 0.29) is 5.91 Å². The van der Waals surface area contributed by atoms with E-state index >= 15 is 0 Å². The quantitative estimate of drug-likeness (QED) is 0.505. The van der Waals surface area contributed by atoms with Crippen LogP contribution >= 0.6 is 0 Å². The number of unbranched alkanes of at least 4 members (excludes halogenated alkanes) is 8. The zero-order chi connectivity index (χ0) is 15.2. The summed E-state index contributed by atoms with van der Waals surface area (Å²) < 4.78 is 0. The maximum Gasteiger partial charge on any atom is 0.326 e. The van der Waals surface area contributed by atoms with E-state index < -0.39 is 12.0 Å². The Kier molecular flexibility index (Phi) is 12.3. The highest BCUT2D eigenvalue weighted by Gasteiger charge is 2.16. The van der Waals surface area contributed by atoms with Gasteiger partial charge in [0.25, 0.3) is 0 Å². The molecule has 1 amide bonds. The Morgan fingerprint density at radius 2 is 1.40 bits per heavy atom. The first-order valence-corrected chi connectivity index (χ1v) is 8.14. The lowest BCUT2D eigenvalue weighted by Gasteiger charge is -2.11. The Morgan fingerprint density at radius 1 is 0.900 bits per heavy atom. The number of carboxylic acid groups (broad SMARTS) is 1. The summed E-state index contributed by atoms with van der Waals surface area (Å²) in [5.74, 6) is -1.09. The molecule has 20 heavy (non-hydrogen) atoms. The fourth-order valence-electron chi connectivity index (χ4n) is 2.20. The number of hydrogen-bond acceptors (Lipinski definition) is 2. The van der Waals surface area contributed by atoms with Crippen LogP contribution in [0.4, 0.5) is 0 Å².